The lowest BCUT2D eigenvalue weighted by Gasteiger charge is -2.59. The fraction of sp³-hybridized carbons (Fsp3) is 0.870. The maximum atomic E-state index is 11.1. The van der Waals surface area contributed by atoms with Crippen molar-refractivity contribution in [3.63, 3.8) is 0 Å². The summed E-state index contributed by atoms with van der Waals surface area (Å²) in [5.41, 5.74) is 2.56. The first-order chi connectivity index (χ1) is 11.2. The molecule has 0 amide bonds. The van der Waals surface area contributed by atoms with E-state index in [0.29, 0.717) is 23.0 Å². The molecule has 0 N–H and O–H groups in total. The van der Waals surface area contributed by atoms with Gasteiger partial charge in [0.05, 0.1) is 0 Å². The summed E-state index contributed by atoms with van der Waals surface area (Å²) in [5, 5.41) is 0. The highest BCUT2D eigenvalue weighted by Gasteiger charge is 2.53. The highest BCUT2D eigenvalue weighted by Crippen LogP contribution is 2.62. The van der Waals surface area contributed by atoms with Crippen LogP contribution in [0.4, 0.5) is 0 Å². The highest BCUT2D eigenvalue weighted by molar-refractivity contribution is 5.75. The van der Waals surface area contributed by atoms with Gasteiger partial charge in [0.1, 0.15) is 5.78 Å². The monoisotopic (exact) mass is 332 g/mol. The molecule has 0 aromatic heterocycles. The molecule has 0 radical (unpaired) electrons. The first-order valence-electron chi connectivity index (χ1n) is 10.3. The van der Waals surface area contributed by atoms with Crippen LogP contribution in [0.3, 0.4) is 0 Å². The number of carbonyl (C=O) groups is 1. The first-order valence-corrected chi connectivity index (χ1v) is 10.3. The second kappa shape index (κ2) is 7.75. The SMILES string of the molecule is CC(=O)CC/C=C(/C)CC[C@@H]1[C@@H](C)CC[C@H]2C(C)(C)CCC[C@@]12C. The predicted octanol–water partition coefficient (Wildman–Crippen LogP) is 6.96. The summed E-state index contributed by atoms with van der Waals surface area (Å²) in [4.78, 5) is 11.1. The molecule has 0 aromatic rings. The molecule has 1 heteroatoms. The van der Waals surface area contributed by atoms with E-state index in [9.17, 15) is 4.79 Å². The van der Waals surface area contributed by atoms with E-state index in [1.165, 1.54) is 50.5 Å². The van der Waals surface area contributed by atoms with Crippen LogP contribution in [0.1, 0.15) is 99.3 Å². The van der Waals surface area contributed by atoms with Crippen molar-refractivity contribution in [1.82, 2.24) is 0 Å². The summed E-state index contributed by atoms with van der Waals surface area (Å²) in [6.07, 6.45) is 13.6. The minimum atomic E-state index is 0.305. The standard InChI is InChI=1S/C23H40O/c1-17(9-7-10-19(3)24)11-13-20-18(2)12-14-21-22(4,5)15-8-16-23(20,21)6/h9,18,20-21H,7-8,10-16H2,1-6H3/b17-9-/t18-,20+,21-,23-/m0/s1. The third-order valence-corrected chi connectivity index (χ3v) is 7.56. The second-order valence-electron chi connectivity index (χ2n) is 9.89. The summed E-state index contributed by atoms with van der Waals surface area (Å²) < 4.78 is 0. The van der Waals surface area contributed by atoms with Crippen LogP contribution in [-0.2, 0) is 4.79 Å². The Kier molecular flexibility index (Phi) is 6.37. The Labute approximate surface area is 150 Å². The van der Waals surface area contributed by atoms with Gasteiger partial charge in [0, 0.05) is 6.42 Å². The number of Topliss-reactive ketones (excluding diaryl/α,β-unsaturated/α-hetero) is 1. The van der Waals surface area contributed by atoms with Gasteiger partial charge in [0.25, 0.3) is 0 Å². The molecule has 2 fully saturated rings. The zero-order valence-corrected chi connectivity index (χ0v) is 17.1. The molecule has 0 saturated heterocycles. The van der Waals surface area contributed by atoms with Crippen LogP contribution in [0.15, 0.2) is 11.6 Å². The zero-order valence-electron chi connectivity index (χ0n) is 17.1. The van der Waals surface area contributed by atoms with Crippen molar-refractivity contribution in [3.8, 4) is 0 Å². The smallest absolute Gasteiger partial charge is 0.130 e. The van der Waals surface area contributed by atoms with E-state index in [1.807, 2.05) is 0 Å². The van der Waals surface area contributed by atoms with Crippen molar-refractivity contribution in [1.29, 1.82) is 0 Å². The van der Waals surface area contributed by atoms with Crippen LogP contribution < -0.4 is 0 Å². The summed E-state index contributed by atoms with van der Waals surface area (Å²) in [6, 6.07) is 0. The number of allylic oxidation sites excluding steroid dienone is 2. The molecule has 0 spiro atoms. The van der Waals surface area contributed by atoms with Crippen molar-refractivity contribution in [3.05, 3.63) is 11.6 Å². The third kappa shape index (κ3) is 4.33. The summed E-state index contributed by atoms with van der Waals surface area (Å²) in [5.74, 6) is 2.94. The number of fused-ring (bicyclic) bond motifs is 1. The van der Waals surface area contributed by atoms with Gasteiger partial charge in [-0.15, -0.1) is 0 Å². The van der Waals surface area contributed by atoms with Crippen LogP contribution in [0.5, 0.6) is 0 Å². The predicted molar refractivity (Wildman–Crippen MR) is 104 cm³/mol. The Hall–Kier alpha value is -0.590. The Bertz CT molecular complexity index is 472. The number of hydrogen-bond acceptors (Lipinski definition) is 1. The summed E-state index contributed by atoms with van der Waals surface area (Å²) in [6.45, 7) is 14.1. The molecule has 0 bridgehead atoms. The summed E-state index contributed by atoms with van der Waals surface area (Å²) in [7, 11) is 0. The molecule has 2 saturated carbocycles. The van der Waals surface area contributed by atoms with Crippen LogP contribution in [0.25, 0.3) is 0 Å². The fourth-order valence-electron chi connectivity index (χ4n) is 6.23. The van der Waals surface area contributed by atoms with Gasteiger partial charge in [-0.1, -0.05) is 52.2 Å². The largest absolute Gasteiger partial charge is 0.300 e. The van der Waals surface area contributed by atoms with Crippen LogP contribution in [-0.4, -0.2) is 5.78 Å². The minimum absolute atomic E-state index is 0.305. The van der Waals surface area contributed by atoms with E-state index < -0.39 is 0 Å². The van der Waals surface area contributed by atoms with E-state index in [1.54, 1.807) is 6.92 Å². The lowest BCUT2D eigenvalue weighted by molar-refractivity contribution is -0.116. The minimum Gasteiger partial charge on any atom is -0.300 e. The number of hydrogen-bond donors (Lipinski definition) is 0. The lowest BCUT2D eigenvalue weighted by Crippen LogP contribution is -2.51. The van der Waals surface area contributed by atoms with Crippen molar-refractivity contribution >= 4 is 5.78 Å². The van der Waals surface area contributed by atoms with Crippen LogP contribution >= 0.6 is 0 Å². The first kappa shape index (κ1) is 19.7. The molecule has 2 aliphatic carbocycles. The number of carbonyl (C=O) groups excluding carboxylic acids is 1. The van der Waals surface area contributed by atoms with Gasteiger partial charge >= 0.3 is 0 Å². The molecule has 2 rings (SSSR count). The zero-order chi connectivity index (χ0) is 18.0. The Morgan fingerprint density at radius 1 is 1.08 bits per heavy atom. The van der Waals surface area contributed by atoms with Gasteiger partial charge in [-0.2, -0.15) is 0 Å². The van der Waals surface area contributed by atoms with E-state index >= 15 is 0 Å². The van der Waals surface area contributed by atoms with Gasteiger partial charge in [0.15, 0.2) is 0 Å². The van der Waals surface area contributed by atoms with Crippen LogP contribution in [0, 0.1) is 28.6 Å². The Morgan fingerprint density at radius 3 is 2.46 bits per heavy atom. The highest BCUT2D eigenvalue weighted by atomic mass is 16.1. The third-order valence-electron chi connectivity index (χ3n) is 7.56. The van der Waals surface area contributed by atoms with E-state index in [4.69, 9.17) is 0 Å². The van der Waals surface area contributed by atoms with Crippen molar-refractivity contribution in [2.24, 2.45) is 28.6 Å². The molecule has 0 heterocycles. The van der Waals surface area contributed by atoms with Crippen molar-refractivity contribution < 1.29 is 4.79 Å². The molecule has 2 aliphatic rings. The van der Waals surface area contributed by atoms with Crippen molar-refractivity contribution in [2.45, 2.75) is 99.3 Å². The van der Waals surface area contributed by atoms with Crippen molar-refractivity contribution in [2.75, 3.05) is 0 Å². The molecular weight excluding hydrogens is 292 g/mol. The lowest BCUT2D eigenvalue weighted by atomic mass is 9.46. The average molecular weight is 333 g/mol. The molecule has 0 unspecified atom stereocenters. The second-order valence-corrected chi connectivity index (χ2v) is 9.89. The average Bonchev–Trinajstić information content (AvgIpc) is 2.45. The molecule has 24 heavy (non-hydrogen) atoms. The van der Waals surface area contributed by atoms with Gasteiger partial charge in [-0.3, -0.25) is 0 Å². The molecular formula is C23H40O. The molecule has 0 aromatic carbocycles. The van der Waals surface area contributed by atoms with E-state index in [2.05, 4.69) is 40.7 Å². The van der Waals surface area contributed by atoms with Gasteiger partial charge < -0.3 is 4.79 Å². The van der Waals surface area contributed by atoms with Gasteiger partial charge in [-0.05, 0) is 81.0 Å². The Morgan fingerprint density at radius 2 is 1.79 bits per heavy atom. The maximum absolute atomic E-state index is 11.1. The number of rotatable bonds is 6. The fourth-order valence-corrected chi connectivity index (χ4v) is 6.23. The quantitative estimate of drug-likeness (QED) is 0.480. The summed E-state index contributed by atoms with van der Waals surface area (Å²) >= 11 is 0. The molecule has 4 atom stereocenters. The maximum Gasteiger partial charge on any atom is 0.130 e. The molecule has 0 aliphatic heterocycles. The Balaban J connectivity index is 2.03. The number of ketones is 1. The molecule has 138 valence electrons. The van der Waals surface area contributed by atoms with E-state index in [-0.39, 0.29) is 0 Å². The van der Waals surface area contributed by atoms with Gasteiger partial charge in [0.2, 0.25) is 0 Å². The normalized spacial score (nSPS) is 36.2. The topological polar surface area (TPSA) is 17.1 Å². The van der Waals surface area contributed by atoms with E-state index in [0.717, 1.165) is 24.2 Å². The van der Waals surface area contributed by atoms with Crippen LogP contribution in [0.2, 0.25) is 0 Å². The molecule has 1 nitrogen and oxygen atoms in total. The van der Waals surface area contributed by atoms with Gasteiger partial charge in [-0.25, -0.2) is 0 Å².